The molecule has 0 fully saturated rings. The molecule has 3 nitrogen and oxygen atoms in total. The Bertz CT molecular complexity index is 388. The Morgan fingerprint density at radius 3 is 2.44 bits per heavy atom. The van der Waals surface area contributed by atoms with E-state index in [1.807, 2.05) is 33.8 Å². The van der Waals surface area contributed by atoms with Crippen LogP contribution in [0.3, 0.4) is 0 Å². The van der Waals surface area contributed by atoms with Crippen molar-refractivity contribution in [1.29, 1.82) is 0 Å². The Kier molecular flexibility index (Phi) is 4.30. The minimum atomic E-state index is 0.157. The fraction of sp³-hybridized carbons (Fsp3) is 0.500. The summed E-state index contributed by atoms with van der Waals surface area (Å²) in [4.78, 5) is 8.72. The van der Waals surface area contributed by atoms with E-state index in [0.717, 1.165) is 17.2 Å². The quantitative estimate of drug-likeness (QED) is 0.645. The van der Waals surface area contributed by atoms with Crippen molar-refractivity contribution in [3.63, 3.8) is 0 Å². The van der Waals surface area contributed by atoms with Crippen LogP contribution in [-0.2, 0) is 0 Å². The molecule has 0 radical (unpaired) electrons. The van der Waals surface area contributed by atoms with Crippen LogP contribution in [0.4, 0.5) is 5.82 Å². The van der Waals surface area contributed by atoms with Gasteiger partial charge in [0.15, 0.2) is 0 Å². The molecule has 1 unspecified atom stereocenters. The molecule has 1 N–H and O–H groups in total. The molecule has 1 atom stereocenters. The molecular formula is C12H18ClN3. The Labute approximate surface area is 102 Å². The second kappa shape index (κ2) is 5.30. The van der Waals surface area contributed by atoms with Crippen LogP contribution in [0.15, 0.2) is 12.7 Å². The highest BCUT2D eigenvalue weighted by Gasteiger charge is 2.12. The van der Waals surface area contributed by atoms with Gasteiger partial charge in [-0.2, -0.15) is 0 Å². The predicted octanol–water partition coefficient (Wildman–Crippen LogP) is 3.55. The molecule has 1 aromatic heterocycles. The first-order valence-corrected chi connectivity index (χ1v) is 5.76. The van der Waals surface area contributed by atoms with Crippen LogP contribution < -0.4 is 5.32 Å². The highest BCUT2D eigenvalue weighted by Crippen LogP contribution is 2.23. The van der Waals surface area contributed by atoms with Crippen LogP contribution in [0.1, 0.15) is 38.1 Å². The Morgan fingerprint density at radius 1 is 1.31 bits per heavy atom. The topological polar surface area (TPSA) is 37.8 Å². The summed E-state index contributed by atoms with van der Waals surface area (Å²) in [7, 11) is 0. The minimum absolute atomic E-state index is 0.157. The number of hydrogen-bond acceptors (Lipinski definition) is 3. The standard InChI is InChI=1S/C12H18ClN3/c1-6-8(4)14-12-9(5)10(13)15-11(16-12)7(2)3/h6-8H,1H2,2-5H3,(H,14,15,16). The van der Waals surface area contributed by atoms with Gasteiger partial charge in [0.2, 0.25) is 0 Å². The lowest BCUT2D eigenvalue weighted by molar-refractivity contribution is 0.769. The van der Waals surface area contributed by atoms with Crippen molar-refractivity contribution < 1.29 is 0 Å². The van der Waals surface area contributed by atoms with Gasteiger partial charge in [0.25, 0.3) is 0 Å². The minimum Gasteiger partial charge on any atom is -0.364 e. The third-order valence-corrected chi connectivity index (χ3v) is 2.71. The molecule has 4 heteroatoms. The van der Waals surface area contributed by atoms with Crippen molar-refractivity contribution in [3.05, 3.63) is 29.2 Å². The summed E-state index contributed by atoms with van der Waals surface area (Å²) in [5.74, 6) is 1.81. The van der Waals surface area contributed by atoms with Gasteiger partial charge in [-0.1, -0.05) is 31.5 Å². The van der Waals surface area contributed by atoms with Crippen molar-refractivity contribution in [3.8, 4) is 0 Å². The molecule has 1 rings (SSSR count). The molecule has 0 aliphatic carbocycles. The molecule has 0 saturated carbocycles. The zero-order valence-corrected chi connectivity index (χ0v) is 11.0. The number of nitrogens with zero attached hydrogens (tertiary/aromatic N) is 2. The first-order chi connectivity index (χ1) is 7.45. The van der Waals surface area contributed by atoms with Crippen molar-refractivity contribution in [1.82, 2.24) is 9.97 Å². The Hall–Kier alpha value is -1.09. The first-order valence-electron chi connectivity index (χ1n) is 5.38. The summed E-state index contributed by atoms with van der Waals surface area (Å²) >= 11 is 6.07. The second-order valence-electron chi connectivity index (χ2n) is 4.17. The molecule has 0 spiro atoms. The van der Waals surface area contributed by atoms with Gasteiger partial charge in [-0.25, -0.2) is 9.97 Å². The third kappa shape index (κ3) is 2.95. The fourth-order valence-electron chi connectivity index (χ4n) is 1.18. The Morgan fingerprint density at radius 2 is 1.94 bits per heavy atom. The number of halogens is 1. The van der Waals surface area contributed by atoms with Gasteiger partial charge in [-0.15, -0.1) is 6.58 Å². The number of rotatable bonds is 4. The second-order valence-corrected chi connectivity index (χ2v) is 4.53. The smallest absolute Gasteiger partial charge is 0.137 e. The van der Waals surface area contributed by atoms with Crippen LogP contribution >= 0.6 is 11.6 Å². The average Bonchev–Trinajstić information content (AvgIpc) is 2.23. The summed E-state index contributed by atoms with van der Waals surface area (Å²) in [5, 5.41) is 3.75. The molecule has 0 aliphatic heterocycles. The van der Waals surface area contributed by atoms with Gasteiger partial charge in [-0.3, -0.25) is 0 Å². The van der Waals surface area contributed by atoms with Gasteiger partial charge in [-0.05, 0) is 13.8 Å². The van der Waals surface area contributed by atoms with Gasteiger partial charge in [0.05, 0.1) is 0 Å². The van der Waals surface area contributed by atoms with Gasteiger partial charge in [0.1, 0.15) is 16.8 Å². The normalized spacial score (nSPS) is 12.6. The monoisotopic (exact) mass is 239 g/mol. The van der Waals surface area contributed by atoms with Crippen molar-refractivity contribution >= 4 is 17.4 Å². The maximum atomic E-state index is 6.07. The maximum Gasteiger partial charge on any atom is 0.137 e. The molecule has 0 bridgehead atoms. The van der Waals surface area contributed by atoms with Gasteiger partial charge in [0, 0.05) is 17.5 Å². The van der Waals surface area contributed by atoms with Gasteiger partial charge >= 0.3 is 0 Å². The molecular weight excluding hydrogens is 222 g/mol. The van der Waals surface area contributed by atoms with E-state index in [1.54, 1.807) is 0 Å². The largest absolute Gasteiger partial charge is 0.364 e. The van der Waals surface area contributed by atoms with E-state index in [4.69, 9.17) is 11.6 Å². The van der Waals surface area contributed by atoms with Crippen LogP contribution in [0.5, 0.6) is 0 Å². The van der Waals surface area contributed by atoms with E-state index in [0.29, 0.717) is 5.15 Å². The lowest BCUT2D eigenvalue weighted by atomic mass is 10.2. The van der Waals surface area contributed by atoms with Crippen LogP contribution in [-0.4, -0.2) is 16.0 Å². The molecule has 0 saturated heterocycles. The summed E-state index contributed by atoms with van der Waals surface area (Å²) < 4.78 is 0. The lowest BCUT2D eigenvalue weighted by Crippen LogP contribution is -2.15. The number of aromatic nitrogens is 2. The van der Waals surface area contributed by atoms with Crippen LogP contribution in [0.2, 0.25) is 5.15 Å². The summed E-state index contributed by atoms with van der Waals surface area (Å²) in [5.41, 5.74) is 0.875. The molecule has 1 heterocycles. The first kappa shape index (κ1) is 13.0. The third-order valence-electron chi connectivity index (χ3n) is 2.34. The zero-order chi connectivity index (χ0) is 12.3. The maximum absolute atomic E-state index is 6.07. The van der Waals surface area contributed by atoms with Gasteiger partial charge < -0.3 is 5.32 Å². The molecule has 16 heavy (non-hydrogen) atoms. The predicted molar refractivity (Wildman–Crippen MR) is 69.1 cm³/mol. The van der Waals surface area contributed by atoms with Crippen LogP contribution in [0, 0.1) is 6.92 Å². The van der Waals surface area contributed by atoms with Crippen molar-refractivity contribution in [2.45, 2.75) is 39.7 Å². The molecule has 88 valence electrons. The van der Waals surface area contributed by atoms with E-state index < -0.39 is 0 Å². The van der Waals surface area contributed by atoms with E-state index in [-0.39, 0.29) is 12.0 Å². The number of nitrogens with one attached hydrogen (secondary N) is 1. The Balaban J connectivity index is 3.11. The number of hydrogen-bond donors (Lipinski definition) is 1. The van der Waals surface area contributed by atoms with Crippen molar-refractivity contribution in [2.75, 3.05) is 5.32 Å². The summed E-state index contributed by atoms with van der Waals surface area (Å²) in [6, 6.07) is 0.157. The van der Waals surface area contributed by atoms with E-state index in [2.05, 4.69) is 21.9 Å². The average molecular weight is 240 g/mol. The number of anilines is 1. The highest BCUT2D eigenvalue weighted by atomic mass is 35.5. The van der Waals surface area contributed by atoms with Crippen molar-refractivity contribution in [2.24, 2.45) is 0 Å². The summed E-state index contributed by atoms with van der Waals surface area (Å²) in [6.07, 6.45) is 1.82. The zero-order valence-electron chi connectivity index (χ0n) is 10.2. The molecule has 1 aromatic rings. The molecule has 0 aromatic carbocycles. The lowest BCUT2D eigenvalue weighted by Gasteiger charge is -2.15. The SMILES string of the molecule is C=CC(C)Nc1nc(C(C)C)nc(Cl)c1C. The fourth-order valence-corrected chi connectivity index (χ4v) is 1.35. The summed E-state index contributed by atoms with van der Waals surface area (Å²) in [6.45, 7) is 11.7. The highest BCUT2D eigenvalue weighted by molar-refractivity contribution is 6.30. The van der Waals surface area contributed by atoms with E-state index in [1.165, 1.54) is 0 Å². The molecule has 0 aliphatic rings. The van der Waals surface area contributed by atoms with Crippen LogP contribution in [0.25, 0.3) is 0 Å². The molecule has 0 amide bonds. The van der Waals surface area contributed by atoms with E-state index >= 15 is 0 Å². The van der Waals surface area contributed by atoms with E-state index in [9.17, 15) is 0 Å².